The Hall–Kier alpha value is -5.19. The molecule has 11 heteroatoms. The number of amides is 4. The van der Waals surface area contributed by atoms with E-state index in [0.717, 1.165) is 16.5 Å². The molecule has 0 fully saturated rings. The van der Waals surface area contributed by atoms with Crippen LogP contribution in [0.4, 0.5) is 5.82 Å². The van der Waals surface area contributed by atoms with Crippen molar-refractivity contribution < 1.29 is 19.2 Å². The zero-order chi connectivity index (χ0) is 30.0. The van der Waals surface area contributed by atoms with Crippen LogP contribution in [0.3, 0.4) is 0 Å². The molecular formula is C32H35N7O4. The van der Waals surface area contributed by atoms with E-state index < -0.39 is 11.9 Å². The number of nitrogens with zero attached hydrogens (tertiary/aromatic N) is 2. The maximum absolute atomic E-state index is 13.4. The van der Waals surface area contributed by atoms with Crippen molar-refractivity contribution in [2.24, 2.45) is 0 Å². The molecule has 1 aliphatic heterocycles. The van der Waals surface area contributed by atoms with E-state index in [4.69, 9.17) is 0 Å². The highest BCUT2D eigenvalue weighted by atomic mass is 16.2. The number of fused-ring (bicyclic) bond motifs is 3. The molecule has 2 aromatic heterocycles. The van der Waals surface area contributed by atoms with Gasteiger partial charge in [0.25, 0.3) is 11.8 Å². The number of aromatic nitrogens is 2. The number of H-pyrrole nitrogens is 1. The Morgan fingerprint density at radius 3 is 2.49 bits per heavy atom. The van der Waals surface area contributed by atoms with Crippen LogP contribution < -0.4 is 21.3 Å². The molecule has 4 aromatic rings. The molecular weight excluding hydrogens is 546 g/mol. The molecule has 5 N–H and O–H groups in total. The smallest absolute Gasteiger partial charge is 0.270 e. The van der Waals surface area contributed by atoms with E-state index in [1.54, 1.807) is 42.5 Å². The molecule has 1 aliphatic rings. The topological polar surface area (TPSA) is 148 Å². The fourth-order valence-electron chi connectivity index (χ4n) is 5.02. The van der Waals surface area contributed by atoms with Crippen molar-refractivity contribution in [2.45, 2.75) is 25.3 Å². The van der Waals surface area contributed by atoms with Crippen molar-refractivity contribution in [3.05, 3.63) is 95.8 Å². The summed E-state index contributed by atoms with van der Waals surface area (Å²) in [6.45, 7) is 1.27. The Bertz CT molecular complexity index is 1590. The van der Waals surface area contributed by atoms with Crippen molar-refractivity contribution in [1.29, 1.82) is 0 Å². The maximum Gasteiger partial charge on any atom is 0.270 e. The SMILES string of the molecule is O=C1CN(C(=O)c2ccccc2)CCCCNC(=O)[C@H](Cc2c[nH]c3ccccc23)NC(=O)c2cccc(n2)NCCN1. The van der Waals surface area contributed by atoms with E-state index in [1.807, 2.05) is 36.5 Å². The molecule has 0 spiro atoms. The predicted octanol–water partition coefficient (Wildman–Crippen LogP) is 2.48. The number of nitrogens with one attached hydrogen (secondary N) is 5. The fraction of sp³-hybridized carbons (Fsp3) is 0.281. The number of rotatable bonds is 3. The van der Waals surface area contributed by atoms with Gasteiger partial charge < -0.3 is 31.2 Å². The third kappa shape index (κ3) is 7.76. The van der Waals surface area contributed by atoms with Crippen molar-refractivity contribution in [1.82, 2.24) is 30.8 Å². The van der Waals surface area contributed by atoms with Gasteiger partial charge in [-0.2, -0.15) is 0 Å². The lowest BCUT2D eigenvalue weighted by Gasteiger charge is -2.23. The van der Waals surface area contributed by atoms with Gasteiger partial charge in [-0.1, -0.05) is 42.5 Å². The van der Waals surface area contributed by atoms with Gasteiger partial charge in [-0.15, -0.1) is 0 Å². The minimum atomic E-state index is -0.842. The fourth-order valence-corrected chi connectivity index (χ4v) is 5.02. The number of para-hydroxylation sites is 1. The molecule has 1 atom stereocenters. The number of anilines is 1. The summed E-state index contributed by atoms with van der Waals surface area (Å²) in [5, 5.41) is 12.7. The summed E-state index contributed by atoms with van der Waals surface area (Å²) in [5.41, 5.74) is 2.53. The van der Waals surface area contributed by atoms with Crippen molar-refractivity contribution in [3.63, 3.8) is 0 Å². The number of carbonyl (C=O) groups excluding carboxylic acids is 4. The Labute approximate surface area is 249 Å². The first-order valence-electron chi connectivity index (χ1n) is 14.4. The second kappa shape index (κ2) is 14.1. The molecule has 2 bridgehead atoms. The van der Waals surface area contributed by atoms with Gasteiger partial charge >= 0.3 is 0 Å². The maximum atomic E-state index is 13.4. The van der Waals surface area contributed by atoms with Crippen LogP contribution in [-0.4, -0.2) is 77.3 Å². The average molecular weight is 582 g/mol. The lowest BCUT2D eigenvalue weighted by atomic mass is 10.0. The number of benzene rings is 2. The van der Waals surface area contributed by atoms with Crippen LogP contribution in [0.5, 0.6) is 0 Å². The summed E-state index contributed by atoms with van der Waals surface area (Å²) >= 11 is 0. The highest BCUT2D eigenvalue weighted by Crippen LogP contribution is 2.19. The van der Waals surface area contributed by atoms with Gasteiger partial charge in [-0.05, 0) is 48.7 Å². The van der Waals surface area contributed by atoms with Crippen LogP contribution in [0.15, 0.2) is 79.0 Å². The number of hydrogen-bond acceptors (Lipinski definition) is 6. The minimum Gasteiger partial charge on any atom is -0.368 e. The highest BCUT2D eigenvalue weighted by Gasteiger charge is 2.24. The third-order valence-corrected chi connectivity index (χ3v) is 7.25. The van der Waals surface area contributed by atoms with Gasteiger partial charge in [0, 0.05) is 55.3 Å². The van der Waals surface area contributed by atoms with Crippen molar-refractivity contribution in [3.8, 4) is 0 Å². The van der Waals surface area contributed by atoms with Crippen LogP contribution in [-0.2, 0) is 16.0 Å². The lowest BCUT2D eigenvalue weighted by Crippen LogP contribution is -2.48. The molecule has 0 saturated heterocycles. The molecule has 3 heterocycles. The summed E-state index contributed by atoms with van der Waals surface area (Å²) in [4.78, 5) is 61.7. The minimum absolute atomic E-state index is 0.0844. The largest absolute Gasteiger partial charge is 0.368 e. The first-order chi connectivity index (χ1) is 21.0. The van der Waals surface area contributed by atoms with Crippen LogP contribution in [0.2, 0.25) is 0 Å². The second-order valence-electron chi connectivity index (χ2n) is 10.4. The first-order valence-corrected chi connectivity index (χ1v) is 14.4. The molecule has 43 heavy (non-hydrogen) atoms. The lowest BCUT2D eigenvalue weighted by molar-refractivity contribution is -0.123. The quantitative estimate of drug-likeness (QED) is 0.251. The first kappa shape index (κ1) is 29.3. The monoisotopic (exact) mass is 581 g/mol. The summed E-state index contributed by atoms with van der Waals surface area (Å²) in [6, 6.07) is 20.8. The Morgan fingerprint density at radius 1 is 0.837 bits per heavy atom. The number of hydrogen-bond donors (Lipinski definition) is 5. The Balaban J connectivity index is 1.34. The Kier molecular flexibility index (Phi) is 9.63. The van der Waals surface area contributed by atoms with Gasteiger partial charge in [0.1, 0.15) is 17.6 Å². The van der Waals surface area contributed by atoms with Gasteiger partial charge in [-0.3, -0.25) is 19.2 Å². The molecule has 11 nitrogen and oxygen atoms in total. The van der Waals surface area contributed by atoms with Gasteiger partial charge in [0.05, 0.1) is 6.54 Å². The van der Waals surface area contributed by atoms with Crippen LogP contribution in [0, 0.1) is 0 Å². The second-order valence-corrected chi connectivity index (χ2v) is 10.4. The van der Waals surface area contributed by atoms with Gasteiger partial charge in [-0.25, -0.2) is 4.98 Å². The summed E-state index contributed by atoms with van der Waals surface area (Å²) < 4.78 is 0. The van der Waals surface area contributed by atoms with Crippen LogP contribution in [0.25, 0.3) is 10.9 Å². The summed E-state index contributed by atoms with van der Waals surface area (Å²) in [7, 11) is 0. The van der Waals surface area contributed by atoms with Crippen molar-refractivity contribution >= 4 is 40.3 Å². The highest BCUT2D eigenvalue weighted by molar-refractivity contribution is 5.97. The number of carbonyl (C=O) groups is 4. The van der Waals surface area contributed by atoms with E-state index >= 15 is 0 Å². The molecule has 0 unspecified atom stereocenters. The average Bonchev–Trinajstić information content (AvgIpc) is 3.44. The molecule has 0 saturated carbocycles. The summed E-state index contributed by atoms with van der Waals surface area (Å²) in [6.07, 6.45) is 3.29. The Morgan fingerprint density at radius 2 is 1.63 bits per heavy atom. The number of pyridine rings is 1. The van der Waals surface area contributed by atoms with Crippen molar-refractivity contribution in [2.75, 3.05) is 38.0 Å². The van der Waals surface area contributed by atoms with E-state index in [9.17, 15) is 19.2 Å². The third-order valence-electron chi connectivity index (χ3n) is 7.25. The molecule has 2 aromatic carbocycles. The zero-order valence-corrected chi connectivity index (χ0v) is 23.8. The molecule has 4 amide bonds. The van der Waals surface area contributed by atoms with Gasteiger partial charge in [0.2, 0.25) is 11.8 Å². The van der Waals surface area contributed by atoms with Gasteiger partial charge in [0.15, 0.2) is 0 Å². The van der Waals surface area contributed by atoms with E-state index in [0.29, 0.717) is 50.4 Å². The molecule has 0 aliphatic carbocycles. The van der Waals surface area contributed by atoms with E-state index in [-0.39, 0.29) is 36.4 Å². The number of aromatic amines is 1. The zero-order valence-electron chi connectivity index (χ0n) is 23.8. The molecule has 5 rings (SSSR count). The van der Waals surface area contributed by atoms with E-state index in [2.05, 4.69) is 31.2 Å². The molecule has 0 radical (unpaired) electrons. The predicted molar refractivity (Wildman–Crippen MR) is 164 cm³/mol. The van der Waals surface area contributed by atoms with Crippen LogP contribution >= 0.6 is 0 Å². The van der Waals surface area contributed by atoms with Crippen LogP contribution in [0.1, 0.15) is 39.3 Å². The van der Waals surface area contributed by atoms with E-state index in [1.165, 1.54) is 4.90 Å². The molecule has 222 valence electrons. The summed E-state index contributed by atoms with van der Waals surface area (Å²) in [5.74, 6) is -0.837. The normalized spacial score (nSPS) is 17.4. The standard InChI is InChI=1S/C32H35N7O4/c40-29-21-39(32(43)22-9-2-1-3-10-22)18-7-6-15-35-30(41)27(19-23-20-36-25-12-5-4-11-24(23)25)38-31(42)26-13-8-14-28(37-26)33-16-17-34-29/h1-5,8-14,20,27,36H,6-7,15-19,21H2,(H,33,37)(H,34,40)(H,35,41)(H,38,42)/t27-/m0/s1.